The largest absolute Gasteiger partial charge is 0.480 e. The van der Waals surface area contributed by atoms with E-state index in [1.807, 2.05) is 31.2 Å². The number of amides is 1. The summed E-state index contributed by atoms with van der Waals surface area (Å²) in [7, 11) is 0. The Hall–Kier alpha value is -2.77. The van der Waals surface area contributed by atoms with Gasteiger partial charge in [-0.05, 0) is 31.4 Å². The van der Waals surface area contributed by atoms with Crippen LogP contribution in [0.4, 0.5) is 0 Å². The third-order valence-corrected chi connectivity index (χ3v) is 4.04. The minimum atomic E-state index is -1.13. The van der Waals surface area contributed by atoms with Crippen LogP contribution in [0.1, 0.15) is 24.8 Å². The van der Waals surface area contributed by atoms with Crippen molar-refractivity contribution in [3.63, 3.8) is 0 Å². The van der Waals surface area contributed by atoms with Gasteiger partial charge < -0.3 is 10.4 Å². The van der Waals surface area contributed by atoms with E-state index in [2.05, 4.69) is 20.7 Å². The normalized spacial score (nSPS) is 15.7. The summed E-state index contributed by atoms with van der Waals surface area (Å²) in [5.41, 5.74) is 0.806. The molecule has 1 fully saturated rings. The van der Waals surface area contributed by atoms with Gasteiger partial charge in [0.1, 0.15) is 12.1 Å². The maximum Gasteiger partial charge on any atom is 0.329 e. The molecule has 8 heteroatoms. The molecular formula is C15H17N5O3. The van der Waals surface area contributed by atoms with Gasteiger partial charge in [-0.15, -0.1) is 10.2 Å². The standard InChI is InChI=1S/C15H17N5O3/c1-10-3-5-11(6-4-10)13-17-19-20(18-13)9-12(21)16-15(14(22)23)7-2-8-15/h3-6H,2,7-9H2,1H3,(H,16,21)(H,22,23). The van der Waals surface area contributed by atoms with Gasteiger partial charge in [-0.3, -0.25) is 4.79 Å². The average molecular weight is 315 g/mol. The first kappa shape index (κ1) is 15.1. The zero-order valence-corrected chi connectivity index (χ0v) is 12.7. The number of nitrogens with zero attached hydrogens (tertiary/aromatic N) is 4. The second-order valence-electron chi connectivity index (χ2n) is 5.80. The molecule has 0 saturated heterocycles. The van der Waals surface area contributed by atoms with E-state index in [0.717, 1.165) is 17.5 Å². The summed E-state index contributed by atoms with van der Waals surface area (Å²) in [4.78, 5) is 24.4. The van der Waals surface area contributed by atoms with Crippen molar-refractivity contribution in [3.05, 3.63) is 29.8 Å². The predicted octanol–water partition coefficient (Wildman–Crippen LogP) is 0.772. The number of aryl methyl sites for hydroxylation is 1. The zero-order chi connectivity index (χ0) is 16.4. The first-order chi connectivity index (χ1) is 11.0. The second kappa shape index (κ2) is 5.79. The summed E-state index contributed by atoms with van der Waals surface area (Å²) in [6, 6.07) is 7.64. The topological polar surface area (TPSA) is 110 Å². The van der Waals surface area contributed by atoms with Crippen molar-refractivity contribution in [2.45, 2.75) is 38.3 Å². The smallest absolute Gasteiger partial charge is 0.329 e. The Morgan fingerprint density at radius 1 is 1.30 bits per heavy atom. The molecule has 2 N–H and O–H groups in total. The molecule has 1 aliphatic carbocycles. The molecule has 1 saturated carbocycles. The highest BCUT2D eigenvalue weighted by Crippen LogP contribution is 2.31. The van der Waals surface area contributed by atoms with Crippen LogP contribution in [0.5, 0.6) is 0 Å². The lowest BCUT2D eigenvalue weighted by Gasteiger charge is -2.38. The summed E-state index contributed by atoms with van der Waals surface area (Å²) in [5.74, 6) is -1.00. The van der Waals surface area contributed by atoms with Crippen LogP contribution in [-0.2, 0) is 16.1 Å². The monoisotopic (exact) mass is 315 g/mol. The first-order valence-electron chi connectivity index (χ1n) is 7.38. The Kier molecular flexibility index (Phi) is 3.81. The summed E-state index contributed by atoms with van der Waals surface area (Å²) >= 11 is 0. The Balaban J connectivity index is 1.66. The Morgan fingerprint density at radius 2 is 2.00 bits per heavy atom. The van der Waals surface area contributed by atoms with Gasteiger partial charge in [-0.25, -0.2) is 4.79 Å². The van der Waals surface area contributed by atoms with Crippen LogP contribution in [0, 0.1) is 6.92 Å². The van der Waals surface area contributed by atoms with E-state index < -0.39 is 17.4 Å². The number of nitrogens with one attached hydrogen (secondary N) is 1. The Morgan fingerprint density at radius 3 is 2.57 bits per heavy atom. The SMILES string of the molecule is Cc1ccc(-c2nnn(CC(=O)NC3(C(=O)O)CCC3)n2)cc1. The fourth-order valence-corrected chi connectivity index (χ4v) is 2.49. The maximum atomic E-state index is 12.0. The molecule has 1 aliphatic rings. The van der Waals surface area contributed by atoms with Crippen molar-refractivity contribution < 1.29 is 14.7 Å². The van der Waals surface area contributed by atoms with E-state index in [-0.39, 0.29) is 6.54 Å². The van der Waals surface area contributed by atoms with Crippen molar-refractivity contribution in [3.8, 4) is 11.4 Å². The van der Waals surface area contributed by atoms with E-state index >= 15 is 0 Å². The molecule has 0 unspecified atom stereocenters. The highest BCUT2D eigenvalue weighted by molar-refractivity contribution is 5.87. The summed E-state index contributed by atoms with van der Waals surface area (Å²) < 4.78 is 0. The number of benzene rings is 1. The van der Waals surface area contributed by atoms with Gasteiger partial charge in [0.25, 0.3) is 0 Å². The number of carboxylic acid groups (broad SMARTS) is 1. The van der Waals surface area contributed by atoms with Crippen LogP contribution in [0.3, 0.4) is 0 Å². The molecule has 23 heavy (non-hydrogen) atoms. The van der Waals surface area contributed by atoms with Gasteiger partial charge in [0, 0.05) is 5.56 Å². The Bertz CT molecular complexity index is 734. The number of carboxylic acids is 1. The molecule has 0 radical (unpaired) electrons. The van der Waals surface area contributed by atoms with Gasteiger partial charge in [-0.1, -0.05) is 29.8 Å². The van der Waals surface area contributed by atoms with Crippen molar-refractivity contribution in [1.29, 1.82) is 0 Å². The quantitative estimate of drug-likeness (QED) is 0.843. The number of aromatic nitrogens is 4. The molecule has 1 aromatic carbocycles. The number of aliphatic carboxylic acids is 1. The summed E-state index contributed by atoms with van der Waals surface area (Å²) in [6.07, 6.45) is 1.70. The first-order valence-corrected chi connectivity index (χ1v) is 7.38. The summed E-state index contributed by atoms with van der Waals surface area (Å²) in [5, 5.41) is 23.7. The number of carbonyl (C=O) groups excluding carboxylic acids is 1. The molecule has 0 atom stereocenters. The molecule has 1 aromatic heterocycles. The molecule has 0 aliphatic heterocycles. The Labute approximate surface area is 132 Å². The molecule has 1 heterocycles. The van der Waals surface area contributed by atoms with E-state index in [1.54, 1.807) is 0 Å². The molecule has 8 nitrogen and oxygen atoms in total. The lowest BCUT2D eigenvalue weighted by Crippen LogP contribution is -2.59. The third kappa shape index (κ3) is 3.05. The van der Waals surface area contributed by atoms with Gasteiger partial charge in [0.05, 0.1) is 0 Å². The van der Waals surface area contributed by atoms with Crippen LogP contribution in [0.15, 0.2) is 24.3 Å². The van der Waals surface area contributed by atoms with Gasteiger partial charge in [0.2, 0.25) is 11.7 Å². The van der Waals surface area contributed by atoms with Crippen molar-refractivity contribution in [2.24, 2.45) is 0 Å². The minimum Gasteiger partial charge on any atom is -0.480 e. The number of hydrogen-bond donors (Lipinski definition) is 2. The molecular weight excluding hydrogens is 298 g/mol. The van der Waals surface area contributed by atoms with E-state index in [9.17, 15) is 14.7 Å². The van der Waals surface area contributed by atoms with Crippen LogP contribution in [0.25, 0.3) is 11.4 Å². The van der Waals surface area contributed by atoms with Gasteiger partial charge in [0.15, 0.2) is 0 Å². The minimum absolute atomic E-state index is 0.159. The fraction of sp³-hybridized carbons (Fsp3) is 0.400. The summed E-state index contributed by atoms with van der Waals surface area (Å²) in [6.45, 7) is 1.82. The number of carbonyl (C=O) groups is 2. The maximum absolute atomic E-state index is 12.0. The second-order valence-corrected chi connectivity index (χ2v) is 5.80. The van der Waals surface area contributed by atoms with Crippen LogP contribution < -0.4 is 5.32 Å². The molecule has 1 amide bonds. The van der Waals surface area contributed by atoms with E-state index in [0.29, 0.717) is 18.7 Å². The van der Waals surface area contributed by atoms with Gasteiger partial charge >= 0.3 is 5.97 Å². The highest BCUT2D eigenvalue weighted by atomic mass is 16.4. The molecule has 3 rings (SSSR count). The number of tetrazole rings is 1. The molecule has 2 aromatic rings. The molecule has 0 bridgehead atoms. The lowest BCUT2D eigenvalue weighted by molar-refractivity contribution is -0.152. The van der Waals surface area contributed by atoms with Crippen molar-refractivity contribution in [2.75, 3.05) is 0 Å². The lowest BCUT2D eigenvalue weighted by atomic mass is 9.77. The van der Waals surface area contributed by atoms with Crippen LogP contribution in [0.2, 0.25) is 0 Å². The third-order valence-electron chi connectivity index (χ3n) is 4.04. The number of rotatable bonds is 5. The van der Waals surface area contributed by atoms with Crippen molar-refractivity contribution >= 4 is 11.9 Å². The molecule has 0 spiro atoms. The van der Waals surface area contributed by atoms with Crippen LogP contribution >= 0.6 is 0 Å². The predicted molar refractivity (Wildman–Crippen MR) is 80.4 cm³/mol. The highest BCUT2D eigenvalue weighted by Gasteiger charge is 2.45. The zero-order valence-electron chi connectivity index (χ0n) is 12.7. The average Bonchev–Trinajstić information content (AvgIpc) is 2.91. The van der Waals surface area contributed by atoms with E-state index in [4.69, 9.17) is 0 Å². The van der Waals surface area contributed by atoms with Crippen molar-refractivity contribution in [1.82, 2.24) is 25.5 Å². The fourth-order valence-electron chi connectivity index (χ4n) is 2.49. The van der Waals surface area contributed by atoms with Crippen LogP contribution in [-0.4, -0.2) is 42.7 Å². The molecule has 120 valence electrons. The number of hydrogen-bond acceptors (Lipinski definition) is 5. The van der Waals surface area contributed by atoms with Gasteiger partial charge in [-0.2, -0.15) is 4.80 Å². The van der Waals surface area contributed by atoms with E-state index in [1.165, 1.54) is 4.80 Å².